The van der Waals surface area contributed by atoms with E-state index in [1.165, 1.54) is 6.07 Å². The van der Waals surface area contributed by atoms with Crippen molar-refractivity contribution in [3.63, 3.8) is 0 Å². The number of ether oxygens (including phenoxy) is 2. The lowest BCUT2D eigenvalue weighted by atomic mass is 9.85. The van der Waals surface area contributed by atoms with Gasteiger partial charge in [0, 0.05) is 41.8 Å². The van der Waals surface area contributed by atoms with Gasteiger partial charge in [-0.15, -0.1) is 0 Å². The molecule has 5 aromatic carbocycles. The molecule has 0 aliphatic carbocycles. The van der Waals surface area contributed by atoms with Crippen LogP contribution in [0.1, 0.15) is 102 Å². The van der Waals surface area contributed by atoms with Gasteiger partial charge in [-0.3, -0.25) is 4.55 Å². The molecule has 55 heavy (non-hydrogen) atoms. The summed E-state index contributed by atoms with van der Waals surface area (Å²) in [7, 11) is -4.49. The van der Waals surface area contributed by atoms with Crippen LogP contribution in [-0.4, -0.2) is 39.3 Å². The highest BCUT2D eigenvalue weighted by Gasteiger charge is 2.25. The highest BCUT2D eigenvalue weighted by molar-refractivity contribution is 7.85. The Bertz CT molecular complexity index is 1870. The number of rotatable bonds is 22. The smallest absolute Gasteiger partial charge is 0.294 e. The molecule has 0 aromatic heterocycles. The minimum absolute atomic E-state index is 0.0928. The second kappa shape index (κ2) is 20.8. The average Bonchev–Trinajstić information content (AvgIpc) is 3.20. The third-order valence-corrected chi connectivity index (χ3v) is 10.8. The van der Waals surface area contributed by atoms with Gasteiger partial charge in [0.25, 0.3) is 10.1 Å². The topological polar surface area (TPSA) is 79.3 Å². The van der Waals surface area contributed by atoms with E-state index in [1.54, 1.807) is 12.1 Å². The molecule has 292 valence electrons. The van der Waals surface area contributed by atoms with E-state index in [9.17, 15) is 13.0 Å². The standard InChI is InChI=1S/C47H58N2O5S/c1-5-9-33-48(41-25-29-43(30-26-41)53-35-11-7-3)39-21-17-37(18-22-39)47(45-15-13-14-16-46(45)55(50,51)52)38-19-23-40(24-20-38)49(34-10-6-2)42-27-31-44(32-28-42)54-36-12-8-4/h13-32,47H,5-12,33-36H2,1-4H3,(H,50,51,52). The Hall–Kier alpha value is -4.79. The molecule has 7 nitrogen and oxygen atoms in total. The van der Waals surface area contributed by atoms with Crippen LogP contribution in [0.5, 0.6) is 11.5 Å². The first kappa shape index (κ1) is 41.4. The number of unbranched alkanes of at least 4 members (excludes halogenated alkanes) is 4. The molecule has 5 rings (SSSR count). The van der Waals surface area contributed by atoms with Crippen LogP contribution in [0.4, 0.5) is 22.7 Å². The fourth-order valence-corrected chi connectivity index (χ4v) is 7.49. The van der Waals surface area contributed by atoms with Gasteiger partial charge in [-0.25, -0.2) is 0 Å². The summed E-state index contributed by atoms with van der Waals surface area (Å²) in [5.74, 6) is 1.29. The number of benzene rings is 5. The second-order valence-electron chi connectivity index (χ2n) is 14.0. The van der Waals surface area contributed by atoms with Crippen molar-refractivity contribution < 1.29 is 22.4 Å². The molecule has 5 aromatic rings. The van der Waals surface area contributed by atoms with Gasteiger partial charge >= 0.3 is 0 Å². The van der Waals surface area contributed by atoms with Crippen LogP contribution in [-0.2, 0) is 10.1 Å². The highest BCUT2D eigenvalue weighted by atomic mass is 32.2. The molecule has 0 fully saturated rings. The maximum absolute atomic E-state index is 12.7. The van der Waals surface area contributed by atoms with Crippen molar-refractivity contribution in [2.24, 2.45) is 0 Å². The summed E-state index contributed by atoms with van der Waals surface area (Å²) < 4.78 is 47.7. The summed E-state index contributed by atoms with van der Waals surface area (Å²) in [5, 5.41) is 0. The fraction of sp³-hybridized carbons (Fsp3) is 0.362. The Labute approximate surface area is 329 Å². The van der Waals surface area contributed by atoms with Gasteiger partial charge in [0.05, 0.1) is 18.1 Å². The van der Waals surface area contributed by atoms with Crippen LogP contribution in [0.3, 0.4) is 0 Å². The lowest BCUT2D eigenvalue weighted by molar-refractivity contribution is 0.309. The van der Waals surface area contributed by atoms with Crippen molar-refractivity contribution >= 4 is 32.9 Å². The number of hydrogen-bond acceptors (Lipinski definition) is 6. The van der Waals surface area contributed by atoms with Crippen molar-refractivity contribution in [1.82, 2.24) is 0 Å². The number of nitrogens with zero attached hydrogens (tertiary/aromatic N) is 2. The van der Waals surface area contributed by atoms with Gasteiger partial charge in [-0.05, 0) is 121 Å². The molecule has 0 amide bonds. The van der Waals surface area contributed by atoms with Crippen LogP contribution in [0.15, 0.2) is 126 Å². The molecule has 0 atom stereocenters. The molecule has 0 aliphatic heterocycles. The van der Waals surface area contributed by atoms with E-state index in [0.717, 1.165) is 110 Å². The van der Waals surface area contributed by atoms with Crippen molar-refractivity contribution in [1.29, 1.82) is 0 Å². The summed E-state index contributed by atoms with van der Waals surface area (Å²) in [5.41, 5.74) is 6.62. The lowest BCUT2D eigenvalue weighted by Crippen LogP contribution is -2.19. The van der Waals surface area contributed by atoms with Gasteiger partial charge in [0.1, 0.15) is 11.5 Å². The van der Waals surface area contributed by atoms with Crippen molar-refractivity contribution in [2.45, 2.75) is 89.9 Å². The third-order valence-electron chi connectivity index (χ3n) is 9.88. The van der Waals surface area contributed by atoms with Crippen LogP contribution < -0.4 is 19.3 Å². The molecule has 0 saturated carbocycles. The summed E-state index contributed by atoms with van der Waals surface area (Å²) in [4.78, 5) is 4.53. The molecule has 0 spiro atoms. The number of hydrogen-bond donors (Lipinski definition) is 1. The number of anilines is 4. The van der Waals surface area contributed by atoms with Crippen LogP contribution in [0.2, 0.25) is 0 Å². The third kappa shape index (κ3) is 11.4. The first-order valence-electron chi connectivity index (χ1n) is 20.0. The van der Waals surface area contributed by atoms with E-state index in [1.807, 2.05) is 30.3 Å². The summed E-state index contributed by atoms with van der Waals surface area (Å²) in [6, 6.07) is 40.0. The maximum atomic E-state index is 12.7. The molecular weight excluding hydrogens is 705 g/mol. The van der Waals surface area contributed by atoms with Gasteiger partial charge in [-0.1, -0.05) is 95.8 Å². The van der Waals surface area contributed by atoms with Crippen molar-refractivity contribution in [3.05, 3.63) is 138 Å². The first-order valence-corrected chi connectivity index (χ1v) is 21.5. The van der Waals surface area contributed by atoms with E-state index >= 15 is 0 Å². The quantitative estimate of drug-likeness (QED) is 0.0427. The molecule has 0 unspecified atom stereocenters. The van der Waals surface area contributed by atoms with Crippen molar-refractivity contribution in [3.8, 4) is 11.5 Å². The normalized spacial score (nSPS) is 11.5. The molecule has 1 N–H and O–H groups in total. The zero-order valence-electron chi connectivity index (χ0n) is 33.0. The molecule has 0 heterocycles. The van der Waals surface area contributed by atoms with Gasteiger partial charge in [0.15, 0.2) is 0 Å². The zero-order valence-corrected chi connectivity index (χ0v) is 33.8. The Morgan fingerprint density at radius 2 is 0.873 bits per heavy atom. The lowest BCUT2D eigenvalue weighted by Gasteiger charge is -2.28. The van der Waals surface area contributed by atoms with Gasteiger partial charge in [-0.2, -0.15) is 8.42 Å². The SMILES string of the molecule is CCCCOc1ccc(N(CCCC)c2ccc(C(c3ccc(N(CCCC)c4ccc(OCCCC)cc4)cc3)c3ccccc3S(=O)(=O)O)cc2)cc1. The minimum atomic E-state index is -4.49. The largest absolute Gasteiger partial charge is 0.494 e. The molecule has 0 aliphatic rings. The van der Waals surface area contributed by atoms with Crippen LogP contribution in [0, 0.1) is 0 Å². The molecule has 0 saturated heterocycles. The Balaban J connectivity index is 1.49. The van der Waals surface area contributed by atoms with E-state index in [-0.39, 0.29) is 4.90 Å². The van der Waals surface area contributed by atoms with Gasteiger partial charge in [0.2, 0.25) is 0 Å². The van der Waals surface area contributed by atoms with E-state index in [4.69, 9.17) is 9.47 Å². The van der Waals surface area contributed by atoms with E-state index < -0.39 is 16.0 Å². The van der Waals surface area contributed by atoms with E-state index in [2.05, 4.69) is 110 Å². The predicted octanol–water partition coefficient (Wildman–Crippen LogP) is 12.3. The molecular formula is C47H58N2O5S. The predicted molar refractivity (Wildman–Crippen MR) is 228 cm³/mol. The Morgan fingerprint density at radius 1 is 0.509 bits per heavy atom. The summed E-state index contributed by atoms with van der Waals surface area (Å²) in [6.45, 7) is 11.8. The maximum Gasteiger partial charge on any atom is 0.294 e. The zero-order chi connectivity index (χ0) is 39.0. The summed E-state index contributed by atoms with van der Waals surface area (Å²) >= 11 is 0. The Kier molecular flexibility index (Phi) is 15.6. The van der Waals surface area contributed by atoms with Crippen LogP contribution in [0.25, 0.3) is 0 Å². The first-order chi connectivity index (χ1) is 26.8. The molecule has 0 bridgehead atoms. The minimum Gasteiger partial charge on any atom is -0.494 e. The van der Waals surface area contributed by atoms with Crippen molar-refractivity contribution in [2.75, 3.05) is 36.1 Å². The average molecular weight is 763 g/mol. The highest BCUT2D eigenvalue weighted by Crippen LogP contribution is 2.39. The molecule has 8 heteroatoms. The Morgan fingerprint density at radius 3 is 1.24 bits per heavy atom. The van der Waals surface area contributed by atoms with Gasteiger partial charge < -0.3 is 19.3 Å². The summed E-state index contributed by atoms with van der Waals surface area (Å²) in [6.07, 6.45) is 8.41. The van der Waals surface area contributed by atoms with Crippen LogP contribution >= 0.6 is 0 Å². The second-order valence-corrected chi connectivity index (χ2v) is 15.4. The molecule has 0 radical (unpaired) electrons. The van der Waals surface area contributed by atoms with E-state index in [0.29, 0.717) is 18.8 Å². The fourth-order valence-electron chi connectivity index (χ4n) is 6.76. The monoisotopic (exact) mass is 762 g/mol.